The van der Waals surface area contributed by atoms with E-state index in [4.69, 9.17) is 0 Å². The predicted molar refractivity (Wildman–Crippen MR) is 72.7 cm³/mol. The highest BCUT2D eigenvalue weighted by molar-refractivity contribution is 5.95. The molecule has 0 unspecified atom stereocenters. The molecule has 1 aromatic rings. The van der Waals surface area contributed by atoms with E-state index in [0.717, 1.165) is 6.08 Å². The molecule has 0 bridgehead atoms. The monoisotopic (exact) mass is 303 g/mol. The van der Waals surface area contributed by atoms with Crippen LogP contribution >= 0.6 is 0 Å². The molecule has 2 nitrogen and oxygen atoms in total. The van der Waals surface area contributed by atoms with Gasteiger partial charge in [-0.05, 0) is 19.8 Å². The van der Waals surface area contributed by atoms with Crippen LogP contribution in [0.3, 0.4) is 0 Å². The highest BCUT2D eigenvalue weighted by atomic mass is 19.2. The topological polar surface area (TPSA) is 29.1 Å². The van der Waals surface area contributed by atoms with Crippen molar-refractivity contribution in [3.8, 4) is 0 Å². The molecule has 1 rings (SSSR count). The zero-order valence-corrected chi connectivity index (χ0v) is 12.2. The van der Waals surface area contributed by atoms with Crippen LogP contribution in [-0.2, 0) is 0 Å². The molecule has 0 radical (unpaired) electrons. The third kappa shape index (κ3) is 3.43. The Bertz CT molecular complexity index is 553. The third-order valence-electron chi connectivity index (χ3n) is 3.22. The van der Waals surface area contributed by atoms with Crippen molar-refractivity contribution in [3.63, 3.8) is 0 Å². The summed E-state index contributed by atoms with van der Waals surface area (Å²) in [7, 11) is 0. The van der Waals surface area contributed by atoms with E-state index in [1.165, 1.54) is 13.0 Å². The van der Waals surface area contributed by atoms with Crippen molar-refractivity contribution in [1.29, 1.82) is 0 Å². The number of halogens is 4. The largest absolute Gasteiger partial charge is 0.349 e. The minimum atomic E-state index is -1.70. The number of carbonyl (C=O) groups excluding carboxylic acids is 1. The minimum absolute atomic E-state index is 0.00272. The zero-order chi connectivity index (χ0) is 16.3. The Morgan fingerprint density at radius 1 is 1.00 bits per heavy atom. The second kappa shape index (κ2) is 6.74. The molecule has 0 spiro atoms. The average Bonchev–Trinajstić information content (AvgIpc) is 2.41. The summed E-state index contributed by atoms with van der Waals surface area (Å²) in [6.45, 7) is 6.64. The van der Waals surface area contributed by atoms with Crippen molar-refractivity contribution in [2.45, 2.75) is 33.7 Å². The van der Waals surface area contributed by atoms with Crippen molar-refractivity contribution in [2.24, 2.45) is 5.92 Å². The fraction of sp³-hybridized carbons (Fsp3) is 0.400. The standard InChI is InChI=1S/C15H17F4NO/c1-5-6-9-11(16)13(18)10(14(19)12(9)17)15(21)20-8(4)7(2)3/h5-8H,1-4H3,(H,20,21)/b6-5+/t8-/m0/s1. The lowest BCUT2D eigenvalue weighted by molar-refractivity contribution is 0.0919. The van der Waals surface area contributed by atoms with Gasteiger partial charge < -0.3 is 5.32 Å². The molecular weight excluding hydrogens is 286 g/mol. The van der Waals surface area contributed by atoms with Crippen LogP contribution in [0.25, 0.3) is 6.08 Å². The number of hydrogen-bond acceptors (Lipinski definition) is 1. The summed E-state index contributed by atoms with van der Waals surface area (Å²) in [5, 5.41) is 2.31. The number of nitrogens with one attached hydrogen (secondary N) is 1. The molecule has 1 amide bonds. The average molecular weight is 303 g/mol. The van der Waals surface area contributed by atoms with Crippen LogP contribution < -0.4 is 5.32 Å². The first-order valence-electron chi connectivity index (χ1n) is 6.51. The smallest absolute Gasteiger partial charge is 0.257 e. The van der Waals surface area contributed by atoms with Crippen LogP contribution in [0, 0.1) is 29.2 Å². The summed E-state index contributed by atoms with van der Waals surface area (Å²) in [6.07, 6.45) is 2.14. The van der Waals surface area contributed by atoms with Gasteiger partial charge in [0.2, 0.25) is 0 Å². The molecule has 1 N–H and O–H groups in total. The molecule has 116 valence electrons. The Kier molecular flexibility index (Phi) is 5.52. The number of allylic oxidation sites excluding steroid dienone is 1. The Hall–Kier alpha value is -1.85. The summed E-state index contributed by atoms with van der Waals surface area (Å²) in [5.74, 6) is -7.76. The van der Waals surface area contributed by atoms with Gasteiger partial charge in [-0.15, -0.1) is 0 Å². The zero-order valence-electron chi connectivity index (χ0n) is 12.2. The van der Waals surface area contributed by atoms with Crippen molar-refractivity contribution < 1.29 is 22.4 Å². The van der Waals surface area contributed by atoms with E-state index < -0.39 is 46.3 Å². The molecule has 1 aromatic carbocycles. The van der Waals surface area contributed by atoms with E-state index in [2.05, 4.69) is 5.32 Å². The number of amides is 1. The lowest BCUT2D eigenvalue weighted by Crippen LogP contribution is -2.37. The van der Waals surface area contributed by atoms with Gasteiger partial charge in [0, 0.05) is 6.04 Å². The molecule has 0 aliphatic heterocycles. The number of benzene rings is 1. The Morgan fingerprint density at radius 2 is 1.48 bits per heavy atom. The molecule has 0 aromatic heterocycles. The van der Waals surface area contributed by atoms with Gasteiger partial charge >= 0.3 is 0 Å². The van der Waals surface area contributed by atoms with Gasteiger partial charge in [0.15, 0.2) is 23.3 Å². The molecule has 6 heteroatoms. The summed E-state index contributed by atoms with van der Waals surface area (Å²) in [6, 6.07) is -0.405. The second-order valence-corrected chi connectivity index (χ2v) is 5.05. The molecule has 21 heavy (non-hydrogen) atoms. The Balaban J connectivity index is 3.35. The molecule has 0 heterocycles. The highest BCUT2D eigenvalue weighted by Gasteiger charge is 2.29. The molecule has 0 aliphatic rings. The van der Waals surface area contributed by atoms with Gasteiger partial charge in [0.25, 0.3) is 5.91 Å². The van der Waals surface area contributed by atoms with E-state index in [0.29, 0.717) is 0 Å². The Morgan fingerprint density at radius 3 is 1.86 bits per heavy atom. The van der Waals surface area contributed by atoms with Gasteiger partial charge in [0.05, 0.1) is 5.56 Å². The molecular formula is C15H17F4NO. The normalized spacial score (nSPS) is 13.0. The predicted octanol–water partition coefficient (Wildman–Crippen LogP) is 4.05. The SMILES string of the molecule is C/C=C/c1c(F)c(F)c(C(=O)N[C@@H](C)C(C)C)c(F)c1F. The summed E-state index contributed by atoms with van der Waals surface area (Å²) in [5.41, 5.74) is -2.09. The van der Waals surface area contributed by atoms with Crippen LogP contribution in [0.15, 0.2) is 6.08 Å². The fourth-order valence-corrected chi connectivity index (χ4v) is 1.61. The maximum Gasteiger partial charge on any atom is 0.257 e. The van der Waals surface area contributed by atoms with Crippen LogP contribution in [0.1, 0.15) is 43.6 Å². The number of carbonyl (C=O) groups is 1. The van der Waals surface area contributed by atoms with Gasteiger partial charge in [-0.25, -0.2) is 17.6 Å². The second-order valence-electron chi connectivity index (χ2n) is 5.05. The van der Waals surface area contributed by atoms with Crippen molar-refractivity contribution >= 4 is 12.0 Å². The van der Waals surface area contributed by atoms with Crippen LogP contribution in [0.5, 0.6) is 0 Å². The van der Waals surface area contributed by atoms with Crippen LogP contribution in [0.4, 0.5) is 17.6 Å². The van der Waals surface area contributed by atoms with Crippen molar-refractivity contribution in [2.75, 3.05) is 0 Å². The molecule has 0 aliphatic carbocycles. The van der Waals surface area contributed by atoms with Gasteiger partial charge in [-0.2, -0.15) is 0 Å². The molecule has 0 fully saturated rings. The first-order valence-corrected chi connectivity index (χ1v) is 6.51. The van der Waals surface area contributed by atoms with E-state index in [1.54, 1.807) is 20.8 Å². The minimum Gasteiger partial charge on any atom is -0.349 e. The van der Waals surface area contributed by atoms with Gasteiger partial charge in [-0.1, -0.05) is 26.0 Å². The molecule has 0 saturated carbocycles. The summed E-state index contributed by atoms with van der Waals surface area (Å²) >= 11 is 0. The van der Waals surface area contributed by atoms with E-state index >= 15 is 0 Å². The van der Waals surface area contributed by atoms with Crippen molar-refractivity contribution in [3.05, 3.63) is 40.5 Å². The number of rotatable bonds is 4. The van der Waals surface area contributed by atoms with Gasteiger partial charge in [-0.3, -0.25) is 4.79 Å². The lowest BCUT2D eigenvalue weighted by Gasteiger charge is -2.18. The first-order chi connectivity index (χ1) is 9.72. The summed E-state index contributed by atoms with van der Waals surface area (Å²) in [4.78, 5) is 11.8. The summed E-state index contributed by atoms with van der Waals surface area (Å²) < 4.78 is 55.2. The highest BCUT2D eigenvalue weighted by Crippen LogP contribution is 2.25. The Labute approximate surface area is 120 Å². The first kappa shape index (κ1) is 17.2. The quantitative estimate of drug-likeness (QED) is 0.660. The fourth-order valence-electron chi connectivity index (χ4n) is 1.61. The number of hydrogen-bond donors (Lipinski definition) is 1. The maximum atomic E-state index is 13.9. The van der Waals surface area contributed by atoms with Crippen molar-refractivity contribution in [1.82, 2.24) is 5.32 Å². The van der Waals surface area contributed by atoms with Crippen LogP contribution in [-0.4, -0.2) is 11.9 Å². The maximum absolute atomic E-state index is 13.9. The lowest BCUT2D eigenvalue weighted by atomic mass is 10.0. The molecule has 1 atom stereocenters. The molecule has 0 saturated heterocycles. The third-order valence-corrected chi connectivity index (χ3v) is 3.22. The van der Waals surface area contributed by atoms with E-state index in [1.807, 2.05) is 0 Å². The van der Waals surface area contributed by atoms with Crippen LogP contribution in [0.2, 0.25) is 0 Å². The van der Waals surface area contributed by atoms with Gasteiger partial charge in [0.1, 0.15) is 5.56 Å². The van der Waals surface area contributed by atoms with E-state index in [-0.39, 0.29) is 5.92 Å². The van der Waals surface area contributed by atoms with E-state index in [9.17, 15) is 22.4 Å².